The molecule has 1 aromatic heterocycles. The van der Waals surface area contributed by atoms with E-state index in [2.05, 4.69) is 20.5 Å². The molecule has 1 aromatic rings. The number of nitrogens with one attached hydrogen (secondary N) is 2. The SMILES string of the molecule is Cc1nc(CN(C)C(=O)N[C@H](CC(C)C)C(=O)O)n[nH]1. The molecule has 0 aliphatic rings. The number of aromatic amines is 1. The Morgan fingerprint density at radius 2 is 2.10 bits per heavy atom. The molecule has 0 fully saturated rings. The summed E-state index contributed by atoms with van der Waals surface area (Å²) in [6.45, 7) is 5.79. The number of hydrogen-bond acceptors (Lipinski definition) is 4. The van der Waals surface area contributed by atoms with Gasteiger partial charge in [0.15, 0.2) is 5.82 Å². The van der Waals surface area contributed by atoms with Crippen LogP contribution >= 0.6 is 0 Å². The number of H-pyrrole nitrogens is 1. The van der Waals surface area contributed by atoms with Gasteiger partial charge in [0.1, 0.15) is 11.9 Å². The van der Waals surface area contributed by atoms with Crippen LogP contribution in [-0.4, -0.2) is 50.3 Å². The molecule has 1 rings (SSSR count). The van der Waals surface area contributed by atoms with Crippen molar-refractivity contribution in [2.24, 2.45) is 5.92 Å². The van der Waals surface area contributed by atoms with Gasteiger partial charge < -0.3 is 15.3 Å². The number of urea groups is 1. The van der Waals surface area contributed by atoms with Crippen molar-refractivity contribution in [2.75, 3.05) is 7.05 Å². The highest BCUT2D eigenvalue weighted by Gasteiger charge is 2.23. The van der Waals surface area contributed by atoms with Gasteiger partial charge in [-0.15, -0.1) is 0 Å². The molecule has 0 spiro atoms. The number of aliphatic carboxylic acids is 1. The van der Waals surface area contributed by atoms with Gasteiger partial charge >= 0.3 is 12.0 Å². The van der Waals surface area contributed by atoms with Crippen LogP contribution in [0.5, 0.6) is 0 Å². The summed E-state index contributed by atoms with van der Waals surface area (Å²) >= 11 is 0. The highest BCUT2D eigenvalue weighted by atomic mass is 16.4. The zero-order valence-electron chi connectivity index (χ0n) is 12.2. The lowest BCUT2D eigenvalue weighted by molar-refractivity contribution is -0.139. The number of carboxylic acid groups (broad SMARTS) is 1. The number of amides is 2. The largest absolute Gasteiger partial charge is 0.480 e. The second-order valence-corrected chi connectivity index (χ2v) is 5.16. The maximum Gasteiger partial charge on any atom is 0.326 e. The molecule has 8 heteroatoms. The smallest absolute Gasteiger partial charge is 0.326 e. The van der Waals surface area contributed by atoms with Crippen molar-refractivity contribution in [3.05, 3.63) is 11.6 Å². The zero-order chi connectivity index (χ0) is 15.3. The molecule has 0 aromatic carbocycles. The van der Waals surface area contributed by atoms with Crippen molar-refractivity contribution in [1.82, 2.24) is 25.4 Å². The van der Waals surface area contributed by atoms with Crippen molar-refractivity contribution >= 4 is 12.0 Å². The summed E-state index contributed by atoms with van der Waals surface area (Å²) in [4.78, 5) is 28.5. The molecule has 8 nitrogen and oxygen atoms in total. The molecule has 0 bridgehead atoms. The lowest BCUT2D eigenvalue weighted by atomic mass is 10.0. The summed E-state index contributed by atoms with van der Waals surface area (Å²) in [6, 6.07) is -1.35. The molecule has 2 amide bonds. The van der Waals surface area contributed by atoms with E-state index in [1.54, 1.807) is 14.0 Å². The minimum absolute atomic E-state index is 0.178. The van der Waals surface area contributed by atoms with Crippen LogP contribution in [-0.2, 0) is 11.3 Å². The Morgan fingerprint density at radius 3 is 2.55 bits per heavy atom. The fraction of sp³-hybridized carbons (Fsp3) is 0.667. The molecule has 0 unspecified atom stereocenters. The van der Waals surface area contributed by atoms with Crippen LogP contribution in [0.25, 0.3) is 0 Å². The van der Waals surface area contributed by atoms with E-state index >= 15 is 0 Å². The fourth-order valence-corrected chi connectivity index (χ4v) is 1.70. The number of hydrogen-bond donors (Lipinski definition) is 3. The predicted molar refractivity (Wildman–Crippen MR) is 72.0 cm³/mol. The first-order valence-corrected chi connectivity index (χ1v) is 6.42. The van der Waals surface area contributed by atoms with Crippen LogP contribution in [0.15, 0.2) is 0 Å². The average Bonchev–Trinajstić information content (AvgIpc) is 2.72. The molecule has 0 radical (unpaired) electrons. The lowest BCUT2D eigenvalue weighted by Crippen LogP contribution is -2.47. The van der Waals surface area contributed by atoms with E-state index in [1.807, 2.05) is 13.8 Å². The minimum atomic E-state index is -1.03. The van der Waals surface area contributed by atoms with Gasteiger partial charge in [-0.05, 0) is 19.3 Å². The van der Waals surface area contributed by atoms with Crippen LogP contribution in [0.2, 0.25) is 0 Å². The van der Waals surface area contributed by atoms with Gasteiger partial charge in [0.2, 0.25) is 0 Å². The molecule has 1 atom stereocenters. The van der Waals surface area contributed by atoms with E-state index in [4.69, 9.17) is 5.11 Å². The van der Waals surface area contributed by atoms with Gasteiger partial charge in [-0.2, -0.15) is 5.10 Å². The number of carboxylic acids is 1. The second kappa shape index (κ2) is 6.88. The maximum atomic E-state index is 11.9. The van der Waals surface area contributed by atoms with Gasteiger partial charge in [0.25, 0.3) is 0 Å². The van der Waals surface area contributed by atoms with Gasteiger partial charge in [0, 0.05) is 7.05 Å². The number of aromatic nitrogens is 3. The van der Waals surface area contributed by atoms with E-state index in [0.29, 0.717) is 18.1 Å². The normalized spacial score (nSPS) is 12.2. The van der Waals surface area contributed by atoms with Gasteiger partial charge in [-0.3, -0.25) is 5.10 Å². The summed E-state index contributed by atoms with van der Waals surface area (Å²) < 4.78 is 0. The third-order valence-corrected chi connectivity index (χ3v) is 2.67. The Hall–Kier alpha value is -2.12. The van der Waals surface area contributed by atoms with Crippen molar-refractivity contribution in [3.8, 4) is 0 Å². The summed E-state index contributed by atoms with van der Waals surface area (Å²) in [5.41, 5.74) is 0. The Labute approximate surface area is 117 Å². The third-order valence-electron chi connectivity index (χ3n) is 2.67. The van der Waals surface area contributed by atoms with Crippen molar-refractivity contribution in [2.45, 2.75) is 39.8 Å². The highest BCUT2D eigenvalue weighted by molar-refractivity contribution is 5.82. The molecule has 0 saturated carbocycles. The Morgan fingerprint density at radius 1 is 1.45 bits per heavy atom. The van der Waals surface area contributed by atoms with Crippen LogP contribution in [0.1, 0.15) is 31.9 Å². The molecule has 20 heavy (non-hydrogen) atoms. The summed E-state index contributed by atoms with van der Waals surface area (Å²) in [7, 11) is 1.56. The summed E-state index contributed by atoms with van der Waals surface area (Å²) in [5, 5.41) is 18.2. The van der Waals surface area contributed by atoms with Crippen LogP contribution in [0.4, 0.5) is 4.79 Å². The Balaban J connectivity index is 2.57. The topological polar surface area (TPSA) is 111 Å². The van der Waals surface area contributed by atoms with E-state index in [1.165, 1.54) is 4.90 Å². The molecular weight excluding hydrogens is 262 g/mol. The minimum Gasteiger partial charge on any atom is -0.480 e. The molecule has 0 aliphatic heterocycles. The summed E-state index contributed by atoms with van der Waals surface area (Å²) in [6.07, 6.45) is 0.384. The second-order valence-electron chi connectivity index (χ2n) is 5.16. The zero-order valence-corrected chi connectivity index (χ0v) is 12.2. The van der Waals surface area contributed by atoms with Crippen molar-refractivity contribution in [1.29, 1.82) is 0 Å². The monoisotopic (exact) mass is 283 g/mol. The number of carbonyl (C=O) groups is 2. The third kappa shape index (κ3) is 4.87. The molecule has 1 heterocycles. The van der Waals surface area contributed by atoms with E-state index in [0.717, 1.165) is 0 Å². The first-order valence-electron chi connectivity index (χ1n) is 6.42. The average molecular weight is 283 g/mol. The first-order chi connectivity index (χ1) is 9.29. The maximum absolute atomic E-state index is 11.9. The van der Waals surface area contributed by atoms with E-state index < -0.39 is 18.0 Å². The standard InChI is InChI=1S/C12H21N5O3/c1-7(2)5-9(11(18)19)14-12(20)17(4)6-10-13-8(3)15-16-10/h7,9H,5-6H2,1-4H3,(H,14,20)(H,18,19)(H,13,15,16)/t9-/m1/s1. The van der Waals surface area contributed by atoms with Crippen LogP contribution in [0, 0.1) is 12.8 Å². The van der Waals surface area contributed by atoms with Crippen LogP contribution in [0.3, 0.4) is 0 Å². The Bertz CT molecular complexity index is 471. The number of carbonyl (C=O) groups excluding carboxylic acids is 1. The van der Waals surface area contributed by atoms with Crippen molar-refractivity contribution < 1.29 is 14.7 Å². The molecular formula is C12H21N5O3. The molecule has 0 saturated heterocycles. The van der Waals surface area contributed by atoms with Crippen LogP contribution < -0.4 is 5.32 Å². The first kappa shape index (κ1) is 15.9. The fourth-order valence-electron chi connectivity index (χ4n) is 1.70. The predicted octanol–water partition coefficient (Wildman–Crippen LogP) is 0.754. The number of nitrogens with zero attached hydrogens (tertiary/aromatic N) is 3. The highest BCUT2D eigenvalue weighted by Crippen LogP contribution is 2.06. The van der Waals surface area contributed by atoms with E-state index in [-0.39, 0.29) is 12.5 Å². The quantitative estimate of drug-likeness (QED) is 0.713. The number of rotatable bonds is 6. The molecule has 3 N–H and O–H groups in total. The van der Waals surface area contributed by atoms with Gasteiger partial charge in [-0.1, -0.05) is 13.8 Å². The van der Waals surface area contributed by atoms with Crippen molar-refractivity contribution in [3.63, 3.8) is 0 Å². The Kier molecular flexibility index (Phi) is 5.48. The van der Waals surface area contributed by atoms with E-state index in [9.17, 15) is 9.59 Å². The number of aryl methyl sites for hydroxylation is 1. The van der Waals surface area contributed by atoms with Gasteiger partial charge in [0.05, 0.1) is 6.54 Å². The lowest BCUT2D eigenvalue weighted by Gasteiger charge is -2.21. The molecule has 112 valence electrons. The van der Waals surface area contributed by atoms with Gasteiger partial charge in [-0.25, -0.2) is 14.6 Å². The molecule has 0 aliphatic carbocycles. The summed E-state index contributed by atoms with van der Waals surface area (Å²) in [5.74, 6) is 0.291.